The minimum atomic E-state index is -4.22. The van der Waals surface area contributed by atoms with E-state index in [-0.39, 0.29) is 30.7 Å². The molecule has 2 aromatic rings. The molecule has 0 spiro atoms. The molecule has 0 saturated carbocycles. The standard InChI is InChI=1S/C17H23N5O2.C11H13F3N2O.CH4O/c1-12-4-3-5-13(8-12)21-16-10-22(17(24)19-2)7-6-14(16)15(18)9-20-11-23;1-16(7-6-11(12,13)14)10(15)8-2-4-9(17)5-3-8;1-2/h3-5,8,11H,6-7,9-10,18H2,1-2H3,(H,19,24)(H,20,23);2-5,15,17H,6-7H2,1H3;2H,1H3/b15-14-,21-16?;;. The molecule has 11 nitrogen and oxygen atoms in total. The zero-order valence-electron chi connectivity index (χ0n) is 24.7. The minimum absolute atomic E-state index is 0.00532. The number of hydrogen-bond donors (Lipinski definition) is 6. The molecule has 2 aromatic carbocycles. The van der Waals surface area contributed by atoms with Gasteiger partial charge < -0.3 is 36.4 Å². The normalized spacial score (nSPS) is 14.8. The highest BCUT2D eigenvalue weighted by atomic mass is 19.4. The smallest absolute Gasteiger partial charge is 0.390 e. The Labute approximate surface area is 249 Å². The quantitative estimate of drug-likeness (QED) is 0.160. The number of aliphatic imine (C=N–C) groups is 1. The lowest BCUT2D eigenvalue weighted by atomic mass is 9.99. The second-order valence-electron chi connectivity index (χ2n) is 9.31. The number of aliphatic hydroxyl groups excluding tert-OH is 1. The van der Waals surface area contributed by atoms with Gasteiger partial charge in [0.1, 0.15) is 11.6 Å². The molecule has 0 unspecified atom stereocenters. The van der Waals surface area contributed by atoms with Gasteiger partial charge in [-0.05, 0) is 60.9 Å². The van der Waals surface area contributed by atoms with E-state index in [1.807, 2.05) is 31.2 Å². The number of aryl methyl sites for hydroxylation is 1. The van der Waals surface area contributed by atoms with E-state index >= 15 is 0 Å². The maximum Gasteiger partial charge on any atom is 0.390 e. The van der Waals surface area contributed by atoms with Crippen LogP contribution in [0.5, 0.6) is 5.75 Å². The number of phenols is 1. The van der Waals surface area contributed by atoms with E-state index < -0.39 is 12.6 Å². The Morgan fingerprint density at radius 2 is 1.86 bits per heavy atom. The topological polar surface area (TPSA) is 167 Å². The van der Waals surface area contributed by atoms with Gasteiger partial charge in [-0.1, -0.05) is 12.1 Å². The van der Waals surface area contributed by atoms with E-state index in [0.717, 1.165) is 29.6 Å². The number of amides is 3. The zero-order valence-corrected chi connectivity index (χ0v) is 24.7. The summed E-state index contributed by atoms with van der Waals surface area (Å²) < 4.78 is 36.0. The molecule has 236 valence electrons. The molecule has 0 bridgehead atoms. The molecule has 0 radical (unpaired) electrons. The van der Waals surface area contributed by atoms with Crippen LogP contribution in [0.2, 0.25) is 0 Å². The van der Waals surface area contributed by atoms with E-state index in [1.54, 1.807) is 11.9 Å². The number of aromatic hydroxyl groups is 1. The number of benzene rings is 2. The van der Waals surface area contributed by atoms with Gasteiger partial charge >= 0.3 is 12.2 Å². The van der Waals surface area contributed by atoms with Gasteiger partial charge in [0.25, 0.3) is 0 Å². The second kappa shape index (κ2) is 18.1. The van der Waals surface area contributed by atoms with Crippen LogP contribution >= 0.6 is 0 Å². The number of alkyl halides is 3. The molecule has 14 heteroatoms. The van der Waals surface area contributed by atoms with Crippen molar-refractivity contribution in [2.45, 2.75) is 25.9 Å². The van der Waals surface area contributed by atoms with Crippen molar-refractivity contribution in [3.8, 4) is 5.75 Å². The van der Waals surface area contributed by atoms with Crippen molar-refractivity contribution in [3.63, 3.8) is 0 Å². The fourth-order valence-electron chi connectivity index (χ4n) is 3.88. The molecular formula is C29H40F3N7O4. The fraction of sp³-hybridized carbons (Fsp3) is 0.379. The number of amidine groups is 1. The fourth-order valence-corrected chi connectivity index (χ4v) is 3.88. The second-order valence-corrected chi connectivity index (χ2v) is 9.31. The number of urea groups is 1. The van der Waals surface area contributed by atoms with Crippen LogP contribution < -0.4 is 16.4 Å². The predicted molar refractivity (Wildman–Crippen MR) is 161 cm³/mol. The SMILES string of the molecule is CN(CCC(F)(F)F)C(=N)c1ccc(O)cc1.CNC(=O)N1CC/C(=C(/N)CNC=O)C(=Nc2cccc(C)c2)C1.CO. The van der Waals surface area contributed by atoms with Crippen LogP contribution in [-0.4, -0.2) is 97.6 Å². The number of rotatable bonds is 7. The number of nitrogens with one attached hydrogen (secondary N) is 3. The summed E-state index contributed by atoms with van der Waals surface area (Å²) in [5, 5.41) is 29.0. The Hall–Kier alpha value is -4.59. The highest BCUT2D eigenvalue weighted by molar-refractivity contribution is 6.05. The van der Waals surface area contributed by atoms with Crippen LogP contribution in [0.4, 0.5) is 23.7 Å². The average Bonchev–Trinajstić information content (AvgIpc) is 2.99. The summed E-state index contributed by atoms with van der Waals surface area (Å²) >= 11 is 0. The first-order chi connectivity index (χ1) is 20.3. The van der Waals surface area contributed by atoms with Crippen molar-refractivity contribution < 1.29 is 33.0 Å². The number of hydrogen-bond acceptors (Lipinski definition) is 7. The third-order valence-corrected chi connectivity index (χ3v) is 6.10. The number of carbonyl (C=O) groups excluding carboxylic acids is 2. The Kier molecular flexibility index (Phi) is 15.3. The van der Waals surface area contributed by atoms with Gasteiger partial charge in [0.2, 0.25) is 6.41 Å². The maximum absolute atomic E-state index is 12.0. The zero-order chi connectivity index (χ0) is 32.6. The molecule has 1 aliphatic rings. The predicted octanol–water partition coefficient (Wildman–Crippen LogP) is 3.28. The lowest BCUT2D eigenvalue weighted by Gasteiger charge is -2.30. The Bertz CT molecular complexity index is 1270. The van der Waals surface area contributed by atoms with Crippen molar-refractivity contribution in [2.75, 3.05) is 47.4 Å². The molecule has 0 aliphatic carbocycles. The molecule has 0 atom stereocenters. The highest BCUT2D eigenvalue weighted by Gasteiger charge is 2.28. The average molecular weight is 608 g/mol. The summed E-state index contributed by atoms with van der Waals surface area (Å²) in [5.74, 6) is 0.0498. The molecule has 43 heavy (non-hydrogen) atoms. The first kappa shape index (κ1) is 36.4. The summed E-state index contributed by atoms with van der Waals surface area (Å²) in [5.41, 5.74) is 10.7. The number of likely N-dealkylation sites (tertiary alicyclic amines) is 1. The van der Waals surface area contributed by atoms with Crippen LogP contribution in [0.15, 0.2) is 64.8 Å². The van der Waals surface area contributed by atoms with Crippen molar-refractivity contribution in [1.29, 1.82) is 5.41 Å². The lowest BCUT2D eigenvalue weighted by molar-refractivity contribution is -0.135. The monoisotopic (exact) mass is 607 g/mol. The summed E-state index contributed by atoms with van der Waals surface area (Å²) in [6.45, 7) is 2.95. The van der Waals surface area contributed by atoms with Crippen LogP contribution in [0.3, 0.4) is 0 Å². The van der Waals surface area contributed by atoms with Gasteiger partial charge in [-0.25, -0.2) is 4.79 Å². The lowest BCUT2D eigenvalue weighted by Crippen LogP contribution is -2.46. The first-order valence-electron chi connectivity index (χ1n) is 13.2. The third kappa shape index (κ3) is 12.9. The maximum atomic E-state index is 12.0. The molecule has 3 rings (SSSR count). The van der Waals surface area contributed by atoms with Crippen LogP contribution in [0, 0.1) is 12.3 Å². The van der Waals surface area contributed by atoms with Crippen LogP contribution in [-0.2, 0) is 4.79 Å². The van der Waals surface area contributed by atoms with Crippen molar-refractivity contribution >= 4 is 29.7 Å². The Balaban J connectivity index is 0.000000429. The molecule has 3 amide bonds. The number of phenolic OH excluding ortho intramolecular Hbond substituents is 1. The molecule has 7 N–H and O–H groups in total. The minimum Gasteiger partial charge on any atom is -0.508 e. The third-order valence-electron chi connectivity index (χ3n) is 6.10. The van der Waals surface area contributed by atoms with E-state index in [9.17, 15) is 22.8 Å². The molecule has 0 aromatic heterocycles. The van der Waals surface area contributed by atoms with Crippen LogP contribution in [0.1, 0.15) is 24.0 Å². The number of carbonyl (C=O) groups is 2. The Morgan fingerprint density at radius 1 is 1.21 bits per heavy atom. The number of nitrogens with zero attached hydrogens (tertiary/aromatic N) is 3. The van der Waals surface area contributed by atoms with Gasteiger partial charge in [-0.3, -0.25) is 15.2 Å². The number of aliphatic hydroxyl groups is 1. The molecule has 1 fully saturated rings. The van der Waals surface area contributed by atoms with Gasteiger partial charge in [0, 0.05) is 45.6 Å². The summed E-state index contributed by atoms with van der Waals surface area (Å²) in [6.07, 6.45) is -3.96. The Morgan fingerprint density at radius 3 is 2.42 bits per heavy atom. The summed E-state index contributed by atoms with van der Waals surface area (Å²) in [6, 6.07) is 13.4. The summed E-state index contributed by atoms with van der Waals surface area (Å²) in [7, 11) is 4.04. The first-order valence-corrected chi connectivity index (χ1v) is 13.2. The van der Waals surface area contributed by atoms with Crippen LogP contribution in [0.25, 0.3) is 0 Å². The number of nitrogens with two attached hydrogens (primary N) is 1. The van der Waals surface area contributed by atoms with Crippen molar-refractivity contribution in [2.24, 2.45) is 10.7 Å². The molecular weight excluding hydrogens is 567 g/mol. The van der Waals surface area contributed by atoms with Crippen molar-refractivity contribution in [3.05, 3.63) is 70.9 Å². The highest BCUT2D eigenvalue weighted by Crippen LogP contribution is 2.22. The van der Waals surface area contributed by atoms with Gasteiger partial charge in [-0.15, -0.1) is 0 Å². The van der Waals surface area contributed by atoms with Gasteiger partial charge in [0.05, 0.1) is 30.9 Å². The summed E-state index contributed by atoms with van der Waals surface area (Å²) in [4.78, 5) is 30.0. The van der Waals surface area contributed by atoms with Crippen molar-refractivity contribution in [1.82, 2.24) is 20.4 Å². The number of halogens is 3. The molecule has 1 saturated heterocycles. The van der Waals surface area contributed by atoms with Gasteiger partial charge in [0.15, 0.2) is 0 Å². The van der Waals surface area contributed by atoms with E-state index in [4.69, 9.17) is 26.3 Å². The van der Waals surface area contributed by atoms with Gasteiger partial charge in [-0.2, -0.15) is 13.2 Å². The van der Waals surface area contributed by atoms with E-state index in [1.165, 1.54) is 36.2 Å². The molecule has 1 aliphatic heterocycles. The number of piperidine rings is 1. The molecule has 1 heterocycles. The van der Waals surface area contributed by atoms with E-state index in [2.05, 4.69) is 10.6 Å². The van der Waals surface area contributed by atoms with E-state index in [0.29, 0.717) is 37.2 Å². The largest absolute Gasteiger partial charge is 0.508 e.